The van der Waals surface area contributed by atoms with Gasteiger partial charge >= 0.3 is 0 Å². The Bertz CT molecular complexity index is 918. The van der Waals surface area contributed by atoms with Gasteiger partial charge < -0.3 is 9.47 Å². The zero-order chi connectivity index (χ0) is 16.7. The van der Waals surface area contributed by atoms with E-state index in [0.717, 1.165) is 29.1 Å². The second-order valence-electron chi connectivity index (χ2n) is 6.06. The van der Waals surface area contributed by atoms with E-state index >= 15 is 0 Å². The lowest BCUT2D eigenvalue weighted by molar-refractivity contribution is -0.117. The fraction of sp³-hybridized carbons (Fsp3) is 0.263. The first kappa shape index (κ1) is 15.2. The summed E-state index contributed by atoms with van der Waals surface area (Å²) in [5, 5.41) is 0.607. The molecule has 0 radical (unpaired) electrons. The van der Waals surface area contributed by atoms with Crippen LogP contribution in [0.2, 0.25) is 5.02 Å². The number of imidazole rings is 1. The average molecular weight is 340 g/mol. The van der Waals surface area contributed by atoms with E-state index in [1.807, 2.05) is 42.5 Å². The maximum Gasteiger partial charge on any atom is 0.227 e. The number of rotatable bonds is 3. The Kier molecular flexibility index (Phi) is 3.77. The quantitative estimate of drug-likeness (QED) is 0.716. The number of benzene rings is 2. The summed E-state index contributed by atoms with van der Waals surface area (Å²) in [4.78, 5) is 19.1. The van der Waals surface area contributed by atoms with E-state index in [-0.39, 0.29) is 11.8 Å². The lowest BCUT2D eigenvalue weighted by atomic mass is 10.1. The highest BCUT2D eigenvalue weighted by molar-refractivity contribution is 6.33. The molecule has 0 aliphatic carbocycles. The number of hydrogen-bond acceptors (Lipinski definition) is 2. The Morgan fingerprint density at radius 2 is 1.92 bits per heavy atom. The van der Waals surface area contributed by atoms with Crippen LogP contribution in [0.25, 0.3) is 11.0 Å². The molecule has 4 nitrogen and oxygen atoms in total. The van der Waals surface area contributed by atoms with Crippen LogP contribution in [0.1, 0.15) is 25.1 Å². The molecule has 1 aliphatic rings. The smallest absolute Gasteiger partial charge is 0.227 e. The number of anilines is 1. The van der Waals surface area contributed by atoms with Crippen molar-refractivity contribution < 1.29 is 4.79 Å². The monoisotopic (exact) mass is 339 g/mol. The second-order valence-corrected chi connectivity index (χ2v) is 6.47. The van der Waals surface area contributed by atoms with Crippen LogP contribution in [0.15, 0.2) is 48.5 Å². The predicted molar refractivity (Wildman–Crippen MR) is 96.6 cm³/mol. The van der Waals surface area contributed by atoms with Gasteiger partial charge in [0, 0.05) is 25.4 Å². The Morgan fingerprint density at radius 1 is 1.17 bits per heavy atom. The molecular formula is C19H18ClN3O. The van der Waals surface area contributed by atoms with Crippen molar-refractivity contribution in [3.63, 3.8) is 0 Å². The van der Waals surface area contributed by atoms with Crippen molar-refractivity contribution in [3.8, 4) is 0 Å². The summed E-state index contributed by atoms with van der Waals surface area (Å²) in [7, 11) is 0. The summed E-state index contributed by atoms with van der Waals surface area (Å²) in [6.45, 7) is 3.57. The molecule has 2 heterocycles. The lowest BCUT2D eigenvalue weighted by Gasteiger charge is -2.18. The highest BCUT2D eigenvalue weighted by atomic mass is 35.5. The van der Waals surface area contributed by atoms with Gasteiger partial charge in [0.25, 0.3) is 0 Å². The van der Waals surface area contributed by atoms with Crippen molar-refractivity contribution in [3.05, 3.63) is 59.4 Å². The van der Waals surface area contributed by atoms with Gasteiger partial charge in [-0.25, -0.2) is 4.98 Å². The van der Waals surface area contributed by atoms with Crippen LogP contribution in [-0.2, 0) is 11.3 Å². The first-order valence-electron chi connectivity index (χ1n) is 8.19. The Balaban J connectivity index is 1.72. The number of nitrogens with zero attached hydrogens (tertiary/aromatic N) is 3. The molecule has 1 amide bonds. The topological polar surface area (TPSA) is 38.1 Å². The van der Waals surface area contributed by atoms with Crippen molar-refractivity contribution in [2.45, 2.75) is 25.8 Å². The fourth-order valence-corrected chi connectivity index (χ4v) is 3.76. The zero-order valence-corrected chi connectivity index (χ0v) is 14.2. The van der Waals surface area contributed by atoms with Gasteiger partial charge in [-0.3, -0.25) is 4.79 Å². The molecule has 4 rings (SSSR count). The van der Waals surface area contributed by atoms with Crippen LogP contribution >= 0.6 is 11.6 Å². The third-order valence-corrected chi connectivity index (χ3v) is 4.95. The average Bonchev–Trinajstić information content (AvgIpc) is 3.15. The number of carbonyl (C=O) groups excluding carboxylic acids is 1. The number of para-hydroxylation sites is 3. The van der Waals surface area contributed by atoms with Crippen LogP contribution in [0.3, 0.4) is 0 Å². The number of aromatic nitrogens is 2. The third-order valence-electron chi connectivity index (χ3n) is 4.63. The number of amides is 1. The molecule has 1 aromatic heterocycles. The van der Waals surface area contributed by atoms with E-state index in [9.17, 15) is 4.79 Å². The molecule has 0 saturated carbocycles. The maximum atomic E-state index is 12.6. The van der Waals surface area contributed by atoms with Crippen molar-refractivity contribution >= 4 is 34.2 Å². The predicted octanol–water partition coefficient (Wildman–Crippen LogP) is 4.23. The highest BCUT2D eigenvalue weighted by Crippen LogP contribution is 2.35. The molecule has 1 fully saturated rings. The van der Waals surface area contributed by atoms with E-state index in [1.54, 1.807) is 4.90 Å². The maximum absolute atomic E-state index is 12.6. The molecule has 2 aromatic carbocycles. The molecule has 0 spiro atoms. The minimum atomic E-state index is 0.0844. The molecule has 1 atom stereocenters. The van der Waals surface area contributed by atoms with Gasteiger partial charge in [0.1, 0.15) is 5.82 Å². The SMILES string of the molecule is CCn1c(C2CC(=O)N(c3ccccc3Cl)C2)nc2ccccc21. The molecule has 5 heteroatoms. The molecule has 0 bridgehead atoms. The number of carbonyl (C=O) groups is 1. The van der Waals surface area contributed by atoms with Crippen molar-refractivity contribution in [2.75, 3.05) is 11.4 Å². The standard InChI is InChI=1S/C19H18ClN3O/c1-2-22-17-10-6-4-8-15(17)21-19(22)13-11-18(24)23(12-13)16-9-5-3-7-14(16)20/h3-10,13H,2,11-12H2,1H3. The largest absolute Gasteiger partial charge is 0.328 e. The van der Waals surface area contributed by atoms with Crippen molar-refractivity contribution in [1.82, 2.24) is 9.55 Å². The first-order chi connectivity index (χ1) is 11.7. The Labute approximate surface area is 145 Å². The summed E-state index contributed by atoms with van der Waals surface area (Å²) in [6.07, 6.45) is 0.467. The van der Waals surface area contributed by atoms with Crippen LogP contribution < -0.4 is 4.90 Å². The van der Waals surface area contributed by atoms with Crippen LogP contribution in [0, 0.1) is 0 Å². The molecule has 1 saturated heterocycles. The minimum absolute atomic E-state index is 0.0844. The summed E-state index contributed by atoms with van der Waals surface area (Å²) in [6, 6.07) is 15.6. The highest BCUT2D eigenvalue weighted by Gasteiger charge is 2.35. The second kappa shape index (κ2) is 5.95. The van der Waals surface area contributed by atoms with Crippen LogP contribution in [0.5, 0.6) is 0 Å². The van der Waals surface area contributed by atoms with E-state index < -0.39 is 0 Å². The van der Waals surface area contributed by atoms with Gasteiger partial charge in [-0.15, -0.1) is 0 Å². The summed E-state index contributed by atoms with van der Waals surface area (Å²) in [5.41, 5.74) is 2.89. The zero-order valence-electron chi connectivity index (χ0n) is 13.4. The fourth-order valence-electron chi connectivity index (χ4n) is 3.52. The van der Waals surface area contributed by atoms with Gasteiger partial charge in [-0.1, -0.05) is 35.9 Å². The van der Waals surface area contributed by atoms with Crippen LogP contribution in [-0.4, -0.2) is 22.0 Å². The van der Waals surface area contributed by atoms with Crippen molar-refractivity contribution in [2.24, 2.45) is 0 Å². The molecule has 1 aliphatic heterocycles. The lowest BCUT2D eigenvalue weighted by Crippen LogP contribution is -2.24. The van der Waals surface area contributed by atoms with E-state index in [0.29, 0.717) is 18.0 Å². The summed E-state index contributed by atoms with van der Waals surface area (Å²) < 4.78 is 2.21. The first-order valence-corrected chi connectivity index (χ1v) is 8.57. The van der Waals surface area contributed by atoms with Gasteiger partial charge in [-0.2, -0.15) is 0 Å². The number of fused-ring (bicyclic) bond motifs is 1. The molecule has 0 N–H and O–H groups in total. The number of aryl methyl sites for hydroxylation is 1. The van der Waals surface area contributed by atoms with Gasteiger partial charge in [-0.05, 0) is 31.2 Å². The van der Waals surface area contributed by atoms with Crippen molar-refractivity contribution in [1.29, 1.82) is 0 Å². The minimum Gasteiger partial charge on any atom is -0.328 e. The van der Waals surface area contributed by atoms with Crippen LogP contribution in [0.4, 0.5) is 5.69 Å². The Morgan fingerprint density at radius 3 is 2.71 bits per heavy atom. The third kappa shape index (κ3) is 2.38. The summed E-state index contributed by atoms with van der Waals surface area (Å²) >= 11 is 6.27. The molecule has 1 unspecified atom stereocenters. The number of halogens is 1. The van der Waals surface area contributed by atoms with E-state index in [1.165, 1.54) is 0 Å². The summed E-state index contributed by atoms with van der Waals surface area (Å²) in [5.74, 6) is 1.17. The number of hydrogen-bond donors (Lipinski definition) is 0. The molecular weight excluding hydrogens is 322 g/mol. The van der Waals surface area contributed by atoms with E-state index in [2.05, 4.69) is 17.6 Å². The van der Waals surface area contributed by atoms with Gasteiger partial charge in [0.2, 0.25) is 5.91 Å². The van der Waals surface area contributed by atoms with E-state index in [4.69, 9.17) is 16.6 Å². The molecule has 24 heavy (non-hydrogen) atoms. The van der Waals surface area contributed by atoms with Gasteiger partial charge in [0.15, 0.2) is 0 Å². The Hall–Kier alpha value is -2.33. The normalized spacial score (nSPS) is 17.8. The molecule has 3 aromatic rings. The molecule has 122 valence electrons. The van der Waals surface area contributed by atoms with Gasteiger partial charge in [0.05, 0.1) is 21.7 Å².